The first-order chi connectivity index (χ1) is 63.8. The van der Waals surface area contributed by atoms with Crippen LogP contribution in [0.4, 0.5) is 0 Å². The van der Waals surface area contributed by atoms with E-state index in [2.05, 4.69) is 83.6 Å². The van der Waals surface area contributed by atoms with Gasteiger partial charge in [0.15, 0.2) is 11.5 Å². The Morgan fingerprint density at radius 3 is 1.71 bits per heavy atom. The number of nitrogens with zero attached hydrogens (tertiary/aromatic N) is 13. The van der Waals surface area contributed by atoms with Gasteiger partial charge in [0.05, 0.1) is 82.3 Å². The quantitative estimate of drug-likeness (QED) is 0.0353. The summed E-state index contributed by atoms with van der Waals surface area (Å²) >= 11 is 36.8. The van der Waals surface area contributed by atoms with Crippen LogP contribution in [0, 0.1) is 19.8 Å². The van der Waals surface area contributed by atoms with Gasteiger partial charge >= 0.3 is 10.2 Å². The number of guanidine groups is 2. The van der Waals surface area contributed by atoms with Crippen molar-refractivity contribution in [3.8, 4) is 22.7 Å². The number of hydrazine groups is 1. The van der Waals surface area contributed by atoms with Crippen LogP contribution < -0.4 is 19.6 Å². The van der Waals surface area contributed by atoms with Gasteiger partial charge in [0.1, 0.15) is 12.4 Å². The highest BCUT2D eigenvalue weighted by Gasteiger charge is 2.39. The van der Waals surface area contributed by atoms with Crippen molar-refractivity contribution in [1.82, 2.24) is 58.3 Å². The molecule has 2 aromatic heterocycles. The molecule has 19 rings (SSSR count). The summed E-state index contributed by atoms with van der Waals surface area (Å²) in [5.74, 6) is 1.27. The number of likely N-dealkylation sites (tertiary alicyclic amines) is 1. The first-order valence-electron chi connectivity index (χ1n) is 44.1. The number of piperidine rings is 2. The summed E-state index contributed by atoms with van der Waals surface area (Å²) in [6.45, 7) is 14.4. The molecule has 0 radical (unpaired) electrons. The molecule has 686 valence electrons. The molecule has 9 heterocycles. The van der Waals surface area contributed by atoms with E-state index in [0.29, 0.717) is 86.5 Å². The first kappa shape index (κ1) is 94.6. The average Bonchev–Trinajstić information content (AvgIpc) is 1.57. The van der Waals surface area contributed by atoms with Crippen molar-refractivity contribution in [2.24, 2.45) is 26.1 Å². The van der Waals surface area contributed by atoms with E-state index in [-0.39, 0.29) is 59.5 Å². The molecule has 3 unspecified atom stereocenters. The van der Waals surface area contributed by atoms with Crippen LogP contribution in [-0.4, -0.2) is 219 Å². The Bertz CT molecular complexity index is 6490. The molecule has 4 fully saturated rings. The van der Waals surface area contributed by atoms with Gasteiger partial charge in [0.2, 0.25) is 11.9 Å². The number of sulfonamides is 1. The standard InChI is InChI=1S/C28H29Cl2N5O2S.C27H26N2O3.C22H21Cl3N4O.C22H26ClN5O3S/c1-34-16-15-20(18-34)17-31-28(33-38(36,37)25-13-11-24(30)12-14-25)35-19-26(21-5-3-2-4-6-21)27(32-35)22-7-9-23(29)10-8-22;1-18-25(27(30)22-9-4-7-19-6-2-3-8-21(19)22)23-10-5-11-24-26(23)29(18)20(17-32-24)16-28-12-14-31-15-13-28;1-14-20(22(30)27-28-11-3-2-4-12-28)26-29(19-10-9-17(24)13-18(19)25)21(14)15-5-7-16(23)8-6-15;1-24-22(26-32(30,31)27-13-11-19(29)12-14-27)28-15-20(16-5-3-2-4-6-16)21(25-28)17-7-9-18(23)10-8-17/h2-14,20,26H,15-19H2,1H3,(H,31,33);2-11,20H,12-17H2,1H3;5-10,13H,2-4,11-12H2,1H3,(H,27,30);2-10,19-20,29H,11-15H2,1H3,(H,24,26)/t;20-;;/m.1../s1. The number of carbonyl (C=O) groups is 2. The normalized spacial score (nSPS) is 18.9. The highest BCUT2D eigenvalue weighted by atomic mass is 35.5. The number of aliphatic hydroxyl groups is 1. The molecule has 132 heavy (non-hydrogen) atoms. The molecular formula is C99H102Cl6N16O9S2. The minimum Gasteiger partial charge on any atom is -0.489 e. The number of carbonyl (C=O) groups excluding carboxylic acids is 2. The minimum absolute atomic E-state index is 0.0660. The first-order valence-corrected chi connectivity index (χ1v) is 49.2. The number of ether oxygens (including phenoxy) is 2. The Labute approximate surface area is 799 Å². The molecule has 7 aliphatic rings. The van der Waals surface area contributed by atoms with Crippen molar-refractivity contribution in [2.45, 2.75) is 81.2 Å². The van der Waals surface area contributed by atoms with Crippen molar-refractivity contribution in [3.63, 3.8) is 0 Å². The zero-order valence-corrected chi connectivity index (χ0v) is 79.5. The van der Waals surface area contributed by atoms with Gasteiger partial charge in [-0.05, 0) is 183 Å². The number of halogens is 6. The number of rotatable bonds is 18. The number of hydrogen-bond donors (Lipinski definition) is 4. The van der Waals surface area contributed by atoms with Crippen LogP contribution in [-0.2, 0) is 25.0 Å². The van der Waals surface area contributed by atoms with Gasteiger partial charge in [0, 0.05) is 131 Å². The van der Waals surface area contributed by atoms with E-state index in [1.807, 2.05) is 176 Å². The lowest BCUT2D eigenvalue weighted by molar-refractivity contribution is 0.0272. The maximum atomic E-state index is 14.0. The van der Waals surface area contributed by atoms with Crippen LogP contribution in [0.15, 0.2) is 262 Å². The predicted octanol–water partition coefficient (Wildman–Crippen LogP) is 18.0. The number of morpholine rings is 1. The number of nitrogens with one attached hydrogen (secondary N) is 3. The number of hydrazone groups is 2. The van der Waals surface area contributed by atoms with E-state index in [1.165, 1.54) is 29.9 Å². The number of aromatic nitrogens is 3. The van der Waals surface area contributed by atoms with Gasteiger partial charge in [-0.15, -0.1) is 0 Å². The molecule has 4 atom stereocenters. The number of benzene rings is 10. The number of para-hydroxylation sites is 1. The van der Waals surface area contributed by atoms with Crippen LogP contribution in [0.5, 0.6) is 5.75 Å². The predicted molar refractivity (Wildman–Crippen MR) is 527 cm³/mol. The largest absolute Gasteiger partial charge is 0.489 e. The lowest BCUT2D eigenvalue weighted by Gasteiger charge is -2.34. The van der Waals surface area contributed by atoms with Gasteiger partial charge in [0.25, 0.3) is 15.9 Å². The third-order valence-corrected chi connectivity index (χ3v) is 29.0. The summed E-state index contributed by atoms with van der Waals surface area (Å²) in [7, 11) is -4.11. The molecule has 12 aromatic rings. The number of fused-ring (bicyclic) bond motifs is 1. The molecular weight excluding hydrogens is 1830 g/mol. The molecule has 25 nitrogen and oxygen atoms in total. The Kier molecular flexibility index (Phi) is 30.7. The van der Waals surface area contributed by atoms with Crippen LogP contribution >= 0.6 is 69.6 Å². The highest BCUT2D eigenvalue weighted by Crippen LogP contribution is 2.42. The van der Waals surface area contributed by atoms with E-state index in [1.54, 1.807) is 45.0 Å². The van der Waals surface area contributed by atoms with Crippen molar-refractivity contribution in [1.29, 1.82) is 0 Å². The maximum absolute atomic E-state index is 14.0. The van der Waals surface area contributed by atoms with Gasteiger partial charge in [-0.2, -0.15) is 28.0 Å². The Hall–Kier alpha value is -10.6. The molecule has 10 aromatic carbocycles. The Morgan fingerprint density at radius 2 is 1.12 bits per heavy atom. The van der Waals surface area contributed by atoms with E-state index in [0.717, 1.165) is 173 Å². The number of hydrogen-bond acceptors (Lipinski definition) is 17. The van der Waals surface area contributed by atoms with Crippen LogP contribution in [0.3, 0.4) is 0 Å². The summed E-state index contributed by atoms with van der Waals surface area (Å²) in [5, 5.41) is 35.6. The fourth-order valence-corrected chi connectivity index (χ4v) is 21.1. The summed E-state index contributed by atoms with van der Waals surface area (Å²) in [5.41, 5.74) is 15.6. The SMILES string of the molecule is CN1CCC(CN=C(NS(=O)(=O)c2ccc(Cl)cc2)N2CC(c3ccccc3)C(c3ccc(Cl)cc3)=N2)C1.CN=C(NS(=O)(=O)N1CCC(O)CC1)N1CC(c2ccccc2)C(c2ccc(Cl)cc2)=N1.Cc1c(C(=O)NN2CCCCC2)nn(-c2ccc(Cl)cc2Cl)c1-c1ccc(Cl)cc1.Cc1c(C(=O)c2cccc3ccccc23)c2cccc3c2n1[C@H](CN1CCOCC1)CO3. The average molecular weight is 1940 g/mol. The van der Waals surface area contributed by atoms with Crippen molar-refractivity contribution in [2.75, 3.05) is 112 Å². The summed E-state index contributed by atoms with van der Waals surface area (Å²) < 4.78 is 75.0. The summed E-state index contributed by atoms with van der Waals surface area (Å²) in [6.07, 6.45) is 4.72. The molecule has 4 saturated heterocycles. The van der Waals surface area contributed by atoms with E-state index in [9.17, 15) is 31.5 Å². The van der Waals surface area contributed by atoms with E-state index >= 15 is 0 Å². The number of aliphatic hydroxyl groups excluding tert-OH is 1. The molecule has 0 bridgehead atoms. The van der Waals surface area contributed by atoms with Gasteiger partial charge < -0.3 is 24.0 Å². The minimum atomic E-state index is -3.92. The van der Waals surface area contributed by atoms with Crippen molar-refractivity contribution >= 4 is 147 Å². The summed E-state index contributed by atoms with van der Waals surface area (Å²) in [4.78, 5) is 40.8. The molecule has 4 N–H and O–H groups in total. The lowest BCUT2D eigenvalue weighted by Crippen LogP contribution is -2.50. The van der Waals surface area contributed by atoms with Crippen molar-refractivity contribution < 1.29 is 41.0 Å². The molecule has 0 saturated carbocycles. The fraction of sp³-hybridized carbons (Fsp3) is 0.303. The smallest absolute Gasteiger partial charge is 0.303 e. The fourth-order valence-electron chi connectivity index (χ4n) is 17.8. The topological polar surface area (TPSA) is 269 Å². The van der Waals surface area contributed by atoms with E-state index in [4.69, 9.17) is 94.3 Å². The van der Waals surface area contributed by atoms with Crippen molar-refractivity contribution in [3.05, 3.63) is 317 Å². The van der Waals surface area contributed by atoms with Gasteiger partial charge in [-0.3, -0.25) is 29.9 Å². The second kappa shape index (κ2) is 42.8. The second-order valence-electron chi connectivity index (χ2n) is 33.5. The zero-order valence-electron chi connectivity index (χ0n) is 73.4. The monoisotopic (exact) mass is 1930 g/mol. The molecule has 1 amide bonds. The molecule has 0 spiro atoms. The Balaban J connectivity index is 0.000000129. The molecule has 7 aliphatic heterocycles. The number of aliphatic imine (C=N–C) groups is 2. The molecule has 0 aliphatic carbocycles. The Morgan fingerprint density at radius 1 is 0.568 bits per heavy atom. The summed E-state index contributed by atoms with van der Waals surface area (Å²) in [6, 6.07) is 74.0. The lowest BCUT2D eigenvalue weighted by atomic mass is 9.91. The van der Waals surface area contributed by atoms with E-state index < -0.39 is 26.3 Å². The maximum Gasteiger partial charge on any atom is 0.303 e. The van der Waals surface area contributed by atoms with Crippen LogP contribution in [0.25, 0.3) is 38.6 Å². The van der Waals surface area contributed by atoms with Crippen LogP contribution in [0.1, 0.15) is 116 Å². The highest BCUT2D eigenvalue weighted by molar-refractivity contribution is 7.90. The van der Waals surface area contributed by atoms with Crippen LogP contribution in [0.2, 0.25) is 30.1 Å². The second-order valence-corrected chi connectivity index (χ2v) is 39.5. The van der Waals surface area contributed by atoms with Gasteiger partial charge in [-0.1, -0.05) is 228 Å². The number of ketones is 1. The molecule has 33 heteroatoms. The number of amides is 1. The zero-order chi connectivity index (χ0) is 92.3. The third-order valence-electron chi connectivity index (χ3n) is 24.6. The van der Waals surface area contributed by atoms with Gasteiger partial charge in [-0.25, -0.2) is 37.6 Å². The third kappa shape index (κ3) is 22.2.